The molecule has 1 aromatic rings. The Morgan fingerprint density at radius 1 is 1.56 bits per heavy atom. The van der Waals surface area contributed by atoms with E-state index in [9.17, 15) is 4.79 Å². The molecule has 0 unspecified atom stereocenters. The number of benzene rings is 1. The smallest absolute Gasteiger partial charge is 0.237 e. The molecule has 1 aromatic carbocycles. The number of alkyl halides is 1. The van der Waals surface area contributed by atoms with Crippen molar-refractivity contribution in [2.24, 2.45) is 0 Å². The molecule has 4 heteroatoms. The van der Waals surface area contributed by atoms with Crippen LogP contribution in [-0.4, -0.2) is 29.5 Å². The lowest BCUT2D eigenvalue weighted by Gasteiger charge is -2.32. The Balaban J connectivity index is 2.28. The molecule has 86 valence electrons. The number of carbonyl (C=O) groups is 1. The van der Waals surface area contributed by atoms with Crippen LogP contribution in [0.25, 0.3) is 0 Å². The molecule has 1 amide bonds. The van der Waals surface area contributed by atoms with Crippen molar-refractivity contribution in [1.29, 1.82) is 0 Å². The zero-order valence-electron chi connectivity index (χ0n) is 9.15. The van der Waals surface area contributed by atoms with Crippen molar-refractivity contribution in [1.82, 2.24) is 4.90 Å². The van der Waals surface area contributed by atoms with E-state index in [1.54, 1.807) is 4.90 Å². The van der Waals surface area contributed by atoms with E-state index in [1.807, 2.05) is 30.9 Å². The predicted molar refractivity (Wildman–Crippen MR) is 68.0 cm³/mol. The van der Waals surface area contributed by atoms with E-state index < -0.39 is 0 Å². The number of amides is 1. The Morgan fingerprint density at radius 3 is 3.06 bits per heavy atom. The van der Waals surface area contributed by atoms with Crippen LogP contribution < -0.4 is 0 Å². The van der Waals surface area contributed by atoms with Crippen LogP contribution in [0.1, 0.15) is 18.0 Å². The molecule has 0 saturated heterocycles. The van der Waals surface area contributed by atoms with Gasteiger partial charge < -0.3 is 4.90 Å². The first-order valence-electron chi connectivity index (χ1n) is 5.27. The molecule has 1 atom stereocenters. The lowest BCUT2D eigenvalue weighted by Crippen LogP contribution is -2.33. The van der Waals surface area contributed by atoms with Gasteiger partial charge in [0.05, 0.1) is 6.04 Å². The number of halogens is 1. The summed E-state index contributed by atoms with van der Waals surface area (Å²) in [5.41, 5.74) is 1.25. The molecule has 0 fully saturated rings. The van der Waals surface area contributed by atoms with Gasteiger partial charge in [0.15, 0.2) is 0 Å². The highest BCUT2D eigenvalue weighted by molar-refractivity contribution is 7.99. The molecule has 0 aliphatic carbocycles. The summed E-state index contributed by atoms with van der Waals surface area (Å²) in [6, 6.07) is 8.47. The molecular formula is C12H14ClNOS. The Kier molecular flexibility index (Phi) is 3.77. The number of hydrogen-bond acceptors (Lipinski definition) is 2. The maximum absolute atomic E-state index is 11.6. The Morgan fingerprint density at radius 2 is 2.31 bits per heavy atom. The monoisotopic (exact) mass is 255 g/mol. The van der Waals surface area contributed by atoms with Gasteiger partial charge in [-0.05, 0) is 18.1 Å². The topological polar surface area (TPSA) is 20.3 Å². The molecular weight excluding hydrogens is 242 g/mol. The van der Waals surface area contributed by atoms with Gasteiger partial charge in [-0.15, -0.1) is 23.4 Å². The summed E-state index contributed by atoms with van der Waals surface area (Å²) in [5.74, 6) is 1.11. The summed E-state index contributed by atoms with van der Waals surface area (Å²) in [6.07, 6.45) is 1.00. The van der Waals surface area contributed by atoms with Crippen LogP contribution in [0.15, 0.2) is 29.2 Å². The third-order valence-corrected chi connectivity index (χ3v) is 4.25. The van der Waals surface area contributed by atoms with Gasteiger partial charge in [-0.3, -0.25) is 4.79 Å². The predicted octanol–water partition coefficient (Wildman–Crippen LogP) is 2.92. The molecule has 0 spiro atoms. The molecule has 0 radical (unpaired) electrons. The zero-order valence-corrected chi connectivity index (χ0v) is 10.7. The molecule has 2 nitrogen and oxygen atoms in total. The van der Waals surface area contributed by atoms with Crippen molar-refractivity contribution in [3.63, 3.8) is 0 Å². The second-order valence-corrected chi connectivity index (χ2v) is 5.23. The van der Waals surface area contributed by atoms with Gasteiger partial charge in [0.1, 0.15) is 5.88 Å². The summed E-state index contributed by atoms with van der Waals surface area (Å²) >= 11 is 7.45. The van der Waals surface area contributed by atoms with Gasteiger partial charge in [-0.1, -0.05) is 18.2 Å². The van der Waals surface area contributed by atoms with Crippen LogP contribution >= 0.6 is 23.4 Å². The number of rotatable bonds is 2. The SMILES string of the molecule is CN(C(=O)CCl)[C@H]1CCSc2ccccc21. The van der Waals surface area contributed by atoms with E-state index in [2.05, 4.69) is 12.1 Å². The maximum atomic E-state index is 11.6. The minimum atomic E-state index is -0.00614. The fourth-order valence-electron chi connectivity index (χ4n) is 1.99. The van der Waals surface area contributed by atoms with E-state index in [0.717, 1.165) is 12.2 Å². The van der Waals surface area contributed by atoms with Crippen LogP contribution in [0.3, 0.4) is 0 Å². The highest BCUT2D eigenvalue weighted by Crippen LogP contribution is 2.38. The Labute approximate surface area is 105 Å². The summed E-state index contributed by atoms with van der Waals surface area (Å²) in [5, 5.41) is 0. The molecule has 1 aliphatic rings. The Hall–Kier alpha value is -0.670. The van der Waals surface area contributed by atoms with Gasteiger partial charge in [-0.25, -0.2) is 0 Å². The number of thioether (sulfide) groups is 1. The van der Waals surface area contributed by atoms with Crippen LogP contribution in [0.5, 0.6) is 0 Å². The lowest BCUT2D eigenvalue weighted by atomic mass is 10.0. The van der Waals surface area contributed by atoms with Crippen molar-refractivity contribution in [3.8, 4) is 0 Å². The third kappa shape index (κ3) is 2.20. The average molecular weight is 256 g/mol. The molecule has 1 aliphatic heterocycles. The van der Waals surface area contributed by atoms with Gasteiger partial charge >= 0.3 is 0 Å². The first kappa shape index (κ1) is 11.8. The van der Waals surface area contributed by atoms with E-state index in [-0.39, 0.29) is 17.8 Å². The Bertz CT molecular complexity index is 396. The first-order chi connectivity index (χ1) is 7.74. The molecule has 0 bridgehead atoms. The summed E-state index contributed by atoms with van der Waals surface area (Å²) in [6.45, 7) is 0. The first-order valence-corrected chi connectivity index (χ1v) is 6.79. The highest BCUT2D eigenvalue weighted by Gasteiger charge is 2.26. The van der Waals surface area contributed by atoms with Gasteiger partial charge in [-0.2, -0.15) is 0 Å². The largest absolute Gasteiger partial charge is 0.338 e. The van der Waals surface area contributed by atoms with E-state index in [1.165, 1.54) is 10.5 Å². The molecule has 0 N–H and O–H groups in total. The standard InChI is InChI=1S/C12H14ClNOS/c1-14(12(15)8-13)10-6-7-16-11-5-3-2-4-9(10)11/h2-5,10H,6-8H2,1H3/t10-/m0/s1. The quantitative estimate of drug-likeness (QED) is 0.758. The minimum absolute atomic E-state index is 0.00614. The van der Waals surface area contributed by atoms with Crippen molar-refractivity contribution < 1.29 is 4.79 Å². The normalized spacial score (nSPS) is 19.0. The van der Waals surface area contributed by atoms with Crippen LogP contribution in [0.4, 0.5) is 0 Å². The fraction of sp³-hybridized carbons (Fsp3) is 0.417. The maximum Gasteiger partial charge on any atom is 0.237 e. The van der Waals surface area contributed by atoms with E-state index >= 15 is 0 Å². The minimum Gasteiger partial charge on any atom is -0.338 e. The molecule has 0 aromatic heterocycles. The number of fused-ring (bicyclic) bond motifs is 1. The van der Waals surface area contributed by atoms with Gasteiger partial charge in [0.2, 0.25) is 5.91 Å². The summed E-state index contributed by atoms with van der Waals surface area (Å²) < 4.78 is 0. The second kappa shape index (κ2) is 5.11. The van der Waals surface area contributed by atoms with Crippen LogP contribution in [0.2, 0.25) is 0 Å². The number of carbonyl (C=O) groups excluding carboxylic acids is 1. The average Bonchev–Trinajstić information content (AvgIpc) is 2.36. The van der Waals surface area contributed by atoms with Gasteiger partial charge in [0.25, 0.3) is 0 Å². The number of hydrogen-bond donors (Lipinski definition) is 0. The molecule has 2 rings (SSSR count). The van der Waals surface area contributed by atoms with Crippen molar-refractivity contribution in [2.45, 2.75) is 17.4 Å². The molecule has 1 heterocycles. The molecule has 0 saturated carbocycles. The fourth-order valence-corrected chi connectivity index (χ4v) is 3.29. The third-order valence-electron chi connectivity index (χ3n) is 2.90. The van der Waals surface area contributed by atoms with E-state index in [4.69, 9.17) is 11.6 Å². The number of nitrogens with zero attached hydrogens (tertiary/aromatic N) is 1. The molecule has 16 heavy (non-hydrogen) atoms. The van der Waals surface area contributed by atoms with E-state index in [0.29, 0.717) is 0 Å². The highest BCUT2D eigenvalue weighted by atomic mass is 35.5. The lowest BCUT2D eigenvalue weighted by molar-refractivity contribution is -0.129. The van der Waals surface area contributed by atoms with Gasteiger partial charge in [0, 0.05) is 17.7 Å². The van der Waals surface area contributed by atoms with Crippen LogP contribution in [-0.2, 0) is 4.79 Å². The van der Waals surface area contributed by atoms with Crippen LogP contribution in [0, 0.1) is 0 Å². The van der Waals surface area contributed by atoms with Crippen molar-refractivity contribution in [2.75, 3.05) is 18.7 Å². The summed E-state index contributed by atoms with van der Waals surface area (Å²) in [7, 11) is 1.84. The second-order valence-electron chi connectivity index (χ2n) is 3.83. The van der Waals surface area contributed by atoms with Crippen molar-refractivity contribution in [3.05, 3.63) is 29.8 Å². The zero-order chi connectivity index (χ0) is 11.5. The van der Waals surface area contributed by atoms with Crippen molar-refractivity contribution >= 4 is 29.3 Å². The summed E-state index contributed by atoms with van der Waals surface area (Å²) in [4.78, 5) is 14.7.